The first-order chi connectivity index (χ1) is 14.6. The first kappa shape index (κ1) is 23.4. The van der Waals surface area contributed by atoms with Crippen LogP contribution in [0, 0.1) is 13.8 Å². The smallest absolute Gasteiger partial charge is 0.264 e. The number of rotatable bonds is 6. The summed E-state index contributed by atoms with van der Waals surface area (Å²) in [5.74, 6) is -0.544. The maximum Gasteiger partial charge on any atom is 0.264 e. The van der Waals surface area contributed by atoms with Gasteiger partial charge in [0.25, 0.3) is 10.0 Å². The Balaban J connectivity index is 2.00. The molecular weight excluding hydrogens is 479 g/mol. The molecule has 5 nitrogen and oxygen atoms in total. The van der Waals surface area contributed by atoms with Crippen molar-refractivity contribution in [2.75, 3.05) is 16.2 Å². The molecule has 0 unspecified atom stereocenters. The highest BCUT2D eigenvalue weighted by Gasteiger charge is 2.29. The van der Waals surface area contributed by atoms with Gasteiger partial charge in [-0.15, -0.1) is 0 Å². The molecule has 3 aromatic rings. The van der Waals surface area contributed by atoms with Crippen LogP contribution in [0.15, 0.2) is 65.6 Å². The predicted octanol–water partition coefficient (Wildman–Crippen LogP) is 6.10. The molecule has 1 amide bonds. The summed E-state index contributed by atoms with van der Waals surface area (Å²) in [6.45, 7) is 3.14. The van der Waals surface area contributed by atoms with E-state index in [9.17, 15) is 13.2 Å². The van der Waals surface area contributed by atoms with E-state index in [0.717, 1.165) is 15.4 Å². The van der Waals surface area contributed by atoms with Crippen LogP contribution in [-0.4, -0.2) is 20.9 Å². The van der Waals surface area contributed by atoms with Crippen molar-refractivity contribution < 1.29 is 13.2 Å². The molecule has 0 bridgehead atoms. The quantitative estimate of drug-likeness (QED) is 0.447. The lowest BCUT2D eigenvalue weighted by atomic mass is 10.2. The highest BCUT2D eigenvalue weighted by molar-refractivity contribution is 7.92. The first-order valence-corrected chi connectivity index (χ1v) is 11.8. The number of aryl methyl sites for hydroxylation is 2. The molecule has 3 aromatic carbocycles. The molecule has 0 saturated carbocycles. The Morgan fingerprint density at radius 3 is 2.29 bits per heavy atom. The molecule has 0 aliphatic carbocycles. The van der Waals surface area contributed by atoms with Gasteiger partial charge in [0.15, 0.2) is 0 Å². The average molecular weight is 498 g/mol. The maximum atomic E-state index is 13.4. The van der Waals surface area contributed by atoms with E-state index >= 15 is 0 Å². The van der Waals surface area contributed by atoms with E-state index < -0.39 is 22.5 Å². The fourth-order valence-corrected chi connectivity index (χ4v) is 5.02. The minimum atomic E-state index is -4.11. The molecule has 9 heteroatoms. The van der Waals surface area contributed by atoms with Crippen LogP contribution in [0.25, 0.3) is 0 Å². The van der Waals surface area contributed by atoms with Gasteiger partial charge in [0, 0.05) is 10.7 Å². The van der Waals surface area contributed by atoms with Crippen LogP contribution in [0.4, 0.5) is 11.4 Å². The summed E-state index contributed by atoms with van der Waals surface area (Å²) >= 11 is 18.4. The van der Waals surface area contributed by atoms with Crippen molar-refractivity contribution in [2.24, 2.45) is 0 Å². The standard InChI is InChI=1S/C22H19Cl3N2O3S/c1-14-6-9-17(10-7-14)31(29,30)27(20-5-3-4-18(24)22(20)25)13-21(28)26-19-11-8-16(23)12-15(19)2/h3-12H,13H2,1-2H3,(H,26,28). The van der Waals surface area contributed by atoms with Gasteiger partial charge in [-0.2, -0.15) is 0 Å². The number of nitrogens with zero attached hydrogens (tertiary/aromatic N) is 1. The second kappa shape index (κ2) is 9.49. The Labute approximate surface area is 196 Å². The van der Waals surface area contributed by atoms with Gasteiger partial charge < -0.3 is 5.32 Å². The number of nitrogens with one attached hydrogen (secondary N) is 1. The van der Waals surface area contributed by atoms with Crippen molar-refractivity contribution in [3.05, 3.63) is 86.9 Å². The maximum absolute atomic E-state index is 13.4. The Hall–Kier alpha value is -2.25. The summed E-state index contributed by atoms with van der Waals surface area (Å²) in [7, 11) is -4.11. The van der Waals surface area contributed by atoms with Crippen molar-refractivity contribution in [3.63, 3.8) is 0 Å². The predicted molar refractivity (Wildman–Crippen MR) is 127 cm³/mol. The van der Waals surface area contributed by atoms with Crippen LogP contribution in [0.2, 0.25) is 15.1 Å². The summed E-state index contributed by atoms with van der Waals surface area (Å²) < 4.78 is 27.8. The Kier molecular flexibility index (Phi) is 7.17. The van der Waals surface area contributed by atoms with Gasteiger partial charge in [-0.25, -0.2) is 8.42 Å². The lowest BCUT2D eigenvalue weighted by molar-refractivity contribution is -0.114. The monoisotopic (exact) mass is 496 g/mol. The van der Waals surface area contributed by atoms with Gasteiger partial charge in [0.1, 0.15) is 6.54 Å². The number of amides is 1. The van der Waals surface area contributed by atoms with Crippen LogP contribution in [0.3, 0.4) is 0 Å². The van der Waals surface area contributed by atoms with Gasteiger partial charge >= 0.3 is 0 Å². The van der Waals surface area contributed by atoms with Crippen LogP contribution in [0.1, 0.15) is 11.1 Å². The number of halogens is 3. The summed E-state index contributed by atoms with van der Waals surface area (Å²) in [6, 6.07) is 15.9. The number of hydrogen-bond acceptors (Lipinski definition) is 3. The molecule has 0 radical (unpaired) electrons. The summed E-state index contributed by atoms with van der Waals surface area (Å²) in [6.07, 6.45) is 0. The van der Waals surface area contributed by atoms with Crippen molar-refractivity contribution in [1.82, 2.24) is 0 Å². The lowest BCUT2D eigenvalue weighted by Crippen LogP contribution is -2.38. The third-order valence-electron chi connectivity index (χ3n) is 4.56. The minimum Gasteiger partial charge on any atom is -0.324 e. The molecule has 1 N–H and O–H groups in total. The molecule has 0 heterocycles. The lowest BCUT2D eigenvalue weighted by Gasteiger charge is -2.25. The molecule has 0 spiro atoms. The summed E-state index contributed by atoms with van der Waals surface area (Å²) in [4.78, 5) is 12.9. The molecule has 0 atom stereocenters. The van der Waals surface area contributed by atoms with Crippen molar-refractivity contribution >= 4 is 62.1 Å². The van der Waals surface area contributed by atoms with E-state index in [0.29, 0.717) is 10.7 Å². The second-order valence-electron chi connectivity index (χ2n) is 6.91. The molecule has 31 heavy (non-hydrogen) atoms. The van der Waals surface area contributed by atoms with Gasteiger partial charge in [0.05, 0.1) is 20.6 Å². The Bertz CT molecular complexity index is 1230. The molecular formula is C22H19Cl3N2O3S. The zero-order valence-corrected chi connectivity index (χ0v) is 19.8. The fourth-order valence-electron chi connectivity index (χ4n) is 2.91. The van der Waals surface area contributed by atoms with Crippen LogP contribution < -0.4 is 9.62 Å². The fraction of sp³-hybridized carbons (Fsp3) is 0.136. The van der Waals surface area contributed by atoms with E-state index in [1.165, 1.54) is 18.2 Å². The van der Waals surface area contributed by atoms with E-state index in [2.05, 4.69) is 5.32 Å². The van der Waals surface area contributed by atoms with Gasteiger partial charge in [0.2, 0.25) is 5.91 Å². The minimum absolute atomic E-state index is 0.0321. The number of anilines is 2. The summed E-state index contributed by atoms with van der Waals surface area (Å²) in [5.41, 5.74) is 2.29. The average Bonchev–Trinajstić information content (AvgIpc) is 2.71. The van der Waals surface area contributed by atoms with E-state index in [1.807, 2.05) is 6.92 Å². The highest BCUT2D eigenvalue weighted by Crippen LogP contribution is 2.35. The number of sulfonamides is 1. The topological polar surface area (TPSA) is 66.5 Å². The van der Waals surface area contributed by atoms with Crippen molar-refractivity contribution in [3.8, 4) is 0 Å². The van der Waals surface area contributed by atoms with Crippen molar-refractivity contribution in [1.29, 1.82) is 0 Å². The van der Waals surface area contributed by atoms with Crippen LogP contribution >= 0.6 is 34.8 Å². The molecule has 0 aliphatic rings. The van der Waals surface area contributed by atoms with Gasteiger partial charge in [-0.1, -0.05) is 58.6 Å². The molecule has 0 aliphatic heterocycles. The third kappa shape index (κ3) is 5.33. The Morgan fingerprint density at radius 2 is 1.65 bits per heavy atom. The largest absolute Gasteiger partial charge is 0.324 e. The van der Waals surface area contributed by atoms with E-state index in [1.54, 1.807) is 49.4 Å². The molecule has 0 aromatic heterocycles. The third-order valence-corrected chi connectivity index (χ3v) is 7.38. The number of carbonyl (C=O) groups is 1. The second-order valence-corrected chi connectivity index (χ2v) is 9.99. The molecule has 162 valence electrons. The first-order valence-electron chi connectivity index (χ1n) is 9.19. The normalized spacial score (nSPS) is 11.3. The van der Waals surface area contributed by atoms with E-state index in [4.69, 9.17) is 34.8 Å². The zero-order chi connectivity index (χ0) is 22.8. The Morgan fingerprint density at radius 1 is 0.968 bits per heavy atom. The van der Waals surface area contributed by atoms with E-state index in [-0.39, 0.29) is 20.6 Å². The number of benzene rings is 3. The van der Waals surface area contributed by atoms with Gasteiger partial charge in [-0.05, 0) is 61.9 Å². The zero-order valence-electron chi connectivity index (χ0n) is 16.7. The van der Waals surface area contributed by atoms with Crippen LogP contribution in [0.5, 0.6) is 0 Å². The summed E-state index contributed by atoms with van der Waals surface area (Å²) in [5, 5.41) is 3.47. The molecule has 0 fully saturated rings. The SMILES string of the molecule is Cc1ccc(S(=O)(=O)N(CC(=O)Nc2ccc(Cl)cc2C)c2cccc(Cl)c2Cl)cc1. The highest BCUT2D eigenvalue weighted by atomic mass is 35.5. The molecule has 0 saturated heterocycles. The number of hydrogen-bond donors (Lipinski definition) is 1. The number of carbonyl (C=O) groups excluding carboxylic acids is 1. The van der Waals surface area contributed by atoms with Gasteiger partial charge in [-0.3, -0.25) is 9.10 Å². The van der Waals surface area contributed by atoms with Crippen molar-refractivity contribution in [2.45, 2.75) is 18.7 Å². The molecule has 3 rings (SSSR count). The van der Waals surface area contributed by atoms with Crippen LogP contribution in [-0.2, 0) is 14.8 Å².